The summed E-state index contributed by atoms with van der Waals surface area (Å²) in [5, 5.41) is 1.31. The SMILES string of the molecule is CC.CC.CCCc1c[nH]c2cc(OC)ccc12. The fourth-order valence-corrected chi connectivity index (χ4v) is 1.77. The zero-order valence-electron chi connectivity index (χ0n) is 12.6. The Labute approximate surface area is 111 Å². The number of hydrogen-bond donors (Lipinski definition) is 1. The van der Waals surface area contributed by atoms with Gasteiger partial charge in [0, 0.05) is 23.2 Å². The monoisotopic (exact) mass is 249 g/mol. The summed E-state index contributed by atoms with van der Waals surface area (Å²) in [4.78, 5) is 3.27. The molecule has 1 aromatic heterocycles. The van der Waals surface area contributed by atoms with Crippen molar-refractivity contribution in [1.82, 2.24) is 4.98 Å². The molecule has 0 unspecified atom stereocenters. The van der Waals surface area contributed by atoms with Crippen LogP contribution < -0.4 is 4.74 Å². The van der Waals surface area contributed by atoms with Crippen LogP contribution in [0.5, 0.6) is 5.75 Å². The van der Waals surface area contributed by atoms with E-state index in [1.165, 1.54) is 17.4 Å². The van der Waals surface area contributed by atoms with Gasteiger partial charge in [0.15, 0.2) is 0 Å². The van der Waals surface area contributed by atoms with Gasteiger partial charge in [-0.25, -0.2) is 0 Å². The standard InChI is InChI=1S/C12H15NO.2C2H6/c1-3-4-9-8-13-12-7-10(14-2)5-6-11(9)12;2*1-2/h5-8,13H,3-4H2,1-2H3;2*1-2H3. The van der Waals surface area contributed by atoms with E-state index >= 15 is 0 Å². The predicted octanol–water partition coefficient (Wildman–Crippen LogP) is 5.18. The van der Waals surface area contributed by atoms with E-state index in [0.717, 1.165) is 17.7 Å². The Bertz CT molecular complexity index is 432. The van der Waals surface area contributed by atoms with E-state index in [-0.39, 0.29) is 0 Å². The van der Waals surface area contributed by atoms with Crippen molar-refractivity contribution >= 4 is 10.9 Å². The lowest BCUT2D eigenvalue weighted by molar-refractivity contribution is 0.415. The second-order valence-corrected chi connectivity index (χ2v) is 3.48. The molecule has 0 spiro atoms. The zero-order valence-corrected chi connectivity index (χ0v) is 12.6. The third-order valence-corrected chi connectivity index (χ3v) is 2.49. The molecule has 102 valence electrons. The fourth-order valence-electron chi connectivity index (χ4n) is 1.77. The van der Waals surface area contributed by atoms with Crippen molar-refractivity contribution in [3.63, 3.8) is 0 Å². The van der Waals surface area contributed by atoms with Gasteiger partial charge in [0.2, 0.25) is 0 Å². The summed E-state index contributed by atoms with van der Waals surface area (Å²) < 4.78 is 5.17. The summed E-state index contributed by atoms with van der Waals surface area (Å²) >= 11 is 0. The van der Waals surface area contributed by atoms with Crippen LogP contribution in [0.3, 0.4) is 0 Å². The summed E-state index contributed by atoms with van der Waals surface area (Å²) in [6.07, 6.45) is 4.40. The van der Waals surface area contributed by atoms with Gasteiger partial charge >= 0.3 is 0 Å². The highest BCUT2D eigenvalue weighted by Crippen LogP contribution is 2.23. The molecule has 0 saturated heterocycles. The Morgan fingerprint density at radius 3 is 2.33 bits per heavy atom. The topological polar surface area (TPSA) is 25.0 Å². The molecule has 1 heterocycles. The van der Waals surface area contributed by atoms with Crippen LogP contribution >= 0.6 is 0 Å². The summed E-state index contributed by atoms with van der Waals surface area (Å²) in [6.45, 7) is 10.2. The summed E-state index contributed by atoms with van der Waals surface area (Å²) in [6, 6.07) is 6.17. The highest BCUT2D eigenvalue weighted by Gasteiger charge is 2.03. The lowest BCUT2D eigenvalue weighted by atomic mass is 10.1. The molecule has 0 bridgehead atoms. The quantitative estimate of drug-likeness (QED) is 0.796. The van der Waals surface area contributed by atoms with Crippen LogP contribution in [-0.4, -0.2) is 12.1 Å². The van der Waals surface area contributed by atoms with Crippen molar-refractivity contribution in [2.24, 2.45) is 0 Å². The van der Waals surface area contributed by atoms with Gasteiger partial charge in [0.05, 0.1) is 7.11 Å². The van der Waals surface area contributed by atoms with Crippen molar-refractivity contribution in [3.05, 3.63) is 30.0 Å². The Balaban J connectivity index is 0.000000659. The van der Waals surface area contributed by atoms with E-state index in [9.17, 15) is 0 Å². The van der Waals surface area contributed by atoms with Crippen LogP contribution in [0.4, 0.5) is 0 Å². The van der Waals surface area contributed by atoms with Crippen LogP contribution in [-0.2, 0) is 6.42 Å². The summed E-state index contributed by atoms with van der Waals surface area (Å²) in [7, 11) is 1.69. The molecule has 0 aliphatic rings. The Kier molecular flexibility index (Phi) is 8.81. The Hall–Kier alpha value is -1.44. The largest absolute Gasteiger partial charge is 0.497 e. The molecule has 18 heavy (non-hydrogen) atoms. The maximum Gasteiger partial charge on any atom is 0.120 e. The van der Waals surface area contributed by atoms with Crippen LogP contribution in [0.15, 0.2) is 24.4 Å². The minimum absolute atomic E-state index is 0.905. The summed E-state index contributed by atoms with van der Waals surface area (Å²) in [5.74, 6) is 0.905. The molecule has 0 aliphatic carbocycles. The lowest BCUT2D eigenvalue weighted by Gasteiger charge is -1.99. The van der Waals surface area contributed by atoms with E-state index in [1.807, 2.05) is 39.8 Å². The van der Waals surface area contributed by atoms with E-state index in [0.29, 0.717) is 0 Å². The molecule has 0 saturated carbocycles. The first-order valence-corrected chi connectivity index (χ1v) is 6.99. The van der Waals surface area contributed by atoms with E-state index in [4.69, 9.17) is 4.74 Å². The number of hydrogen-bond acceptors (Lipinski definition) is 1. The molecule has 0 atom stereocenters. The Morgan fingerprint density at radius 2 is 1.78 bits per heavy atom. The number of nitrogens with one attached hydrogen (secondary N) is 1. The van der Waals surface area contributed by atoms with Gasteiger partial charge in [-0.15, -0.1) is 0 Å². The highest BCUT2D eigenvalue weighted by atomic mass is 16.5. The smallest absolute Gasteiger partial charge is 0.120 e. The lowest BCUT2D eigenvalue weighted by Crippen LogP contribution is -1.82. The van der Waals surface area contributed by atoms with Crippen molar-refractivity contribution in [3.8, 4) is 5.75 Å². The van der Waals surface area contributed by atoms with Gasteiger partial charge in [-0.2, -0.15) is 0 Å². The number of aromatic nitrogens is 1. The van der Waals surface area contributed by atoms with Crippen molar-refractivity contribution in [1.29, 1.82) is 0 Å². The van der Waals surface area contributed by atoms with E-state index in [2.05, 4.69) is 24.2 Å². The third kappa shape index (κ3) is 4.10. The number of aromatic amines is 1. The van der Waals surface area contributed by atoms with Gasteiger partial charge in [-0.1, -0.05) is 41.0 Å². The molecular formula is C16H27NO. The average Bonchev–Trinajstić information content (AvgIpc) is 2.86. The molecule has 0 fully saturated rings. The van der Waals surface area contributed by atoms with Gasteiger partial charge in [-0.05, 0) is 24.1 Å². The molecule has 0 amide bonds. The maximum atomic E-state index is 5.17. The zero-order chi connectivity index (χ0) is 14.0. The van der Waals surface area contributed by atoms with Gasteiger partial charge < -0.3 is 9.72 Å². The second kappa shape index (κ2) is 9.58. The normalized spacial score (nSPS) is 9.00. The molecule has 1 aromatic carbocycles. The molecule has 2 aromatic rings. The summed E-state index contributed by atoms with van der Waals surface area (Å²) in [5.41, 5.74) is 2.55. The third-order valence-electron chi connectivity index (χ3n) is 2.49. The number of methoxy groups -OCH3 is 1. The predicted molar refractivity (Wildman–Crippen MR) is 81.5 cm³/mol. The minimum Gasteiger partial charge on any atom is -0.497 e. The molecule has 2 rings (SSSR count). The number of fused-ring (bicyclic) bond motifs is 1. The first-order chi connectivity index (χ1) is 8.85. The minimum atomic E-state index is 0.905. The number of ether oxygens (including phenoxy) is 1. The van der Waals surface area contributed by atoms with Gasteiger partial charge in [0.25, 0.3) is 0 Å². The molecule has 2 heteroatoms. The van der Waals surface area contributed by atoms with E-state index in [1.54, 1.807) is 7.11 Å². The molecule has 2 nitrogen and oxygen atoms in total. The van der Waals surface area contributed by atoms with Crippen molar-refractivity contribution in [2.75, 3.05) is 7.11 Å². The van der Waals surface area contributed by atoms with Gasteiger partial charge in [-0.3, -0.25) is 0 Å². The first-order valence-electron chi connectivity index (χ1n) is 6.99. The molecular weight excluding hydrogens is 222 g/mol. The van der Waals surface area contributed by atoms with Gasteiger partial charge in [0.1, 0.15) is 5.75 Å². The van der Waals surface area contributed by atoms with Crippen LogP contribution in [0.1, 0.15) is 46.6 Å². The van der Waals surface area contributed by atoms with Crippen molar-refractivity contribution < 1.29 is 4.74 Å². The molecule has 1 N–H and O–H groups in total. The van der Waals surface area contributed by atoms with Crippen LogP contribution in [0.2, 0.25) is 0 Å². The second-order valence-electron chi connectivity index (χ2n) is 3.48. The fraction of sp³-hybridized carbons (Fsp3) is 0.500. The number of aryl methyl sites for hydroxylation is 1. The van der Waals surface area contributed by atoms with Crippen molar-refractivity contribution in [2.45, 2.75) is 47.5 Å². The molecule has 0 radical (unpaired) electrons. The highest BCUT2D eigenvalue weighted by molar-refractivity contribution is 5.84. The number of H-pyrrole nitrogens is 1. The Morgan fingerprint density at radius 1 is 1.11 bits per heavy atom. The number of rotatable bonds is 3. The first kappa shape index (κ1) is 16.6. The molecule has 0 aliphatic heterocycles. The van der Waals surface area contributed by atoms with Crippen LogP contribution in [0, 0.1) is 0 Å². The average molecular weight is 249 g/mol. The van der Waals surface area contributed by atoms with Crippen LogP contribution in [0.25, 0.3) is 10.9 Å². The van der Waals surface area contributed by atoms with E-state index < -0.39 is 0 Å². The maximum absolute atomic E-state index is 5.17. The number of benzene rings is 1.